The highest BCUT2D eigenvalue weighted by Crippen LogP contribution is 2.24. The molecule has 0 fully saturated rings. The number of nitriles is 1. The lowest BCUT2D eigenvalue weighted by Gasteiger charge is -2.17. The quantitative estimate of drug-likeness (QED) is 0.586. The first kappa shape index (κ1) is 19.3. The van der Waals surface area contributed by atoms with E-state index in [2.05, 4.69) is 10.6 Å². The lowest BCUT2D eigenvalue weighted by atomic mass is 10.1. The number of rotatable bonds is 6. The molecule has 0 spiro atoms. The van der Waals surface area contributed by atoms with Gasteiger partial charge in [-0.15, -0.1) is 0 Å². The summed E-state index contributed by atoms with van der Waals surface area (Å²) in [7, 11) is 1.64. The molecule has 1 aromatic carbocycles. The lowest BCUT2D eigenvalue weighted by Crippen LogP contribution is -2.31. The van der Waals surface area contributed by atoms with E-state index in [9.17, 15) is 10.1 Å². The maximum absolute atomic E-state index is 12.5. The van der Waals surface area contributed by atoms with Crippen LogP contribution in [0.4, 0.5) is 0 Å². The van der Waals surface area contributed by atoms with Gasteiger partial charge in [0.1, 0.15) is 17.4 Å². The van der Waals surface area contributed by atoms with Crippen molar-refractivity contribution < 1.29 is 9.53 Å². The van der Waals surface area contributed by atoms with E-state index in [0.717, 1.165) is 28.4 Å². The molecule has 0 N–H and O–H groups in total. The van der Waals surface area contributed by atoms with Crippen LogP contribution in [-0.2, 0) is 4.79 Å². The number of hydrogen-bond donors (Lipinski definition) is 0. The molecule has 0 aliphatic carbocycles. The first-order chi connectivity index (χ1) is 12.5. The third kappa shape index (κ3) is 3.80. The molecule has 1 amide bonds. The summed E-state index contributed by atoms with van der Waals surface area (Å²) in [4.78, 5) is 14.1. The van der Waals surface area contributed by atoms with Crippen LogP contribution in [0.1, 0.15) is 30.8 Å². The number of aryl methyl sites for hydroxylation is 1. The van der Waals surface area contributed by atoms with Crippen LogP contribution in [0.3, 0.4) is 0 Å². The van der Waals surface area contributed by atoms with E-state index in [4.69, 9.17) is 4.74 Å². The van der Waals surface area contributed by atoms with Crippen molar-refractivity contribution in [3.8, 4) is 17.5 Å². The molecule has 0 saturated carbocycles. The maximum atomic E-state index is 12.5. The predicted molar refractivity (Wildman–Crippen MR) is 103 cm³/mol. The van der Waals surface area contributed by atoms with Gasteiger partial charge in [-0.2, -0.15) is 5.26 Å². The van der Waals surface area contributed by atoms with Crippen LogP contribution in [0.5, 0.6) is 5.75 Å². The van der Waals surface area contributed by atoms with Crippen molar-refractivity contribution in [3.63, 3.8) is 0 Å². The largest absolute Gasteiger partial charge is 0.497 e. The van der Waals surface area contributed by atoms with Crippen molar-refractivity contribution in [2.24, 2.45) is 0 Å². The Bertz CT molecular complexity index is 851. The first-order valence-corrected chi connectivity index (χ1v) is 8.71. The Hall–Kier alpha value is -3.00. The van der Waals surface area contributed by atoms with Crippen molar-refractivity contribution in [1.82, 2.24) is 9.47 Å². The summed E-state index contributed by atoms with van der Waals surface area (Å²) >= 11 is 0. The molecular formula is C21H25N3O2. The van der Waals surface area contributed by atoms with Gasteiger partial charge < -0.3 is 14.2 Å². The third-order valence-electron chi connectivity index (χ3n) is 4.50. The second kappa shape index (κ2) is 8.39. The van der Waals surface area contributed by atoms with Crippen molar-refractivity contribution in [2.45, 2.75) is 27.7 Å². The van der Waals surface area contributed by atoms with Gasteiger partial charge in [0.25, 0.3) is 5.91 Å². The molecule has 1 heterocycles. The molecule has 2 aromatic rings. The van der Waals surface area contributed by atoms with E-state index < -0.39 is 0 Å². The van der Waals surface area contributed by atoms with E-state index in [-0.39, 0.29) is 11.5 Å². The van der Waals surface area contributed by atoms with Gasteiger partial charge in [0.2, 0.25) is 0 Å². The van der Waals surface area contributed by atoms with Crippen molar-refractivity contribution >= 4 is 12.0 Å². The second-order valence-corrected chi connectivity index (χ2v) is 6.01. The Balaban J connectivity index is 2.45. The summed E-state index contributed by atoms with van der Waals surface area (Å²) < 4.78 is 7.31. The zero-order valence-corrected chi connectivity index (χ0v) is 16.0. The number of ether oxygens (including phenoxy) is 1. The minimum atomic E-state index is -0.230. The van der Waals surface area contributed by atoms with E-state index in [1.54, 1.807) is 18.1 Å². The number of nitrogens with zero attached hydrogens (tertiary/aromatic N) is 3. The number of methoxy groups -OCH3 is 1. The van der Waals surface area contributed by atoms with E-state index in [1.165, 1.54) is 0 Å². The van der Waals surface area contributed by atoms with Crippen LogP contribution in [0.2, 0.25) is 0 Å². The molecule has 0 aliphatic rings. The van der Waals surface area contributed by atoms with Gasteiger partial charge in [0.15, 0.2) is 0 Å². The van der Waals surface area contributed by atoms with Gasteiger partial charge in [0, 0.05) is 30.2 Å². The number of amides is 1. The Kier molecular flexibility index (Phi) is 6.24. The van der Waals surface area contributed by atoms with Gasteiger partial charge in [-0.3, -0.25) is 4.79 Å². The number of likely N-dealkylation sites (N-methyl/N-ethyl adjacent to an activating group) is 1. The molecule has 5 heteroatoms. The van der Waals surface area contributed by atoms with Crippen LogP contribution >= 0.6 is 0 Å². The van der Waals surface area contributed by atoms with Crippen molar-refractivity contribution in [3.05, 3.63) is 52.9 Å². The number of benzene rings is 1. The number of aromatic nitrogens is 1. The number of carbonyl (C=O) groups is 1. The molecule has 0 bridgehead atoms. The van der Waals surface area contributed by atoms with E-state index >= 15 is 0 Å². The summed E-state index contributed by atoms with van der Waals surface area (Å²) in [6, 6.07) is 11.8. The fourth-order valence-corrected chi connectivity index (χ4v) is 3.04. The Morgan fingerprint density at radius 1 is 1.23 bits per heavy atom. The molecule has 0 aliphatic heterocycles. The van der Waals surface area contributed by atoms with Crippen molar-refractivity contribution in [2.75, 3.05) is 20.2 Å². The fourth-order valence-electron chi connectivity index (χ4n) is 3.04. The molecule has 5 nitrogen and oxygen atoms in total. The Labute approximate surface area is 155 Å². The zero-order valence-electron chi connectivity index (χ0n) is 16.0. The fraction of sp³-hybridized carbons (Fsp3) is 0.333. The molecule has 0 atom stereocenters. The van der Waals surface area contributed by atoms with Gasteiger partial charge in [-0.25, -0.2) is 0 Å². The van der Waals surface area contributed by atoms with Crippen LogP contribution < -0.4 is 4.74 Å². The Morgan fingerprint density at radius 2 is 1.85 bits per heavy atom. The monoisotopic (exact) mass is 351 g/mol. The molecule has 0 unspecified atom stereocenters. The van der Waals surface area contributed by atoms with Gasteiger partial charge in [-0.05, 0) is 69.7 Å². The smallest absolute Gasteiger partial charge is 0.264 e. The summed E-state index contributed by atoms with van der Waals surface area (Å²) in [6.45, 7) is 8.98. The minimum Gasteiger partial charge on any atom is -0.497 e. The van der Waals surface area contributed by atoms with E-state index in [0.29, 0.717) is 13.1 Å². The molecular weight excluding hydrogens is 326 g/mol. The molecule has 0 radical (unpaired) electrons. The van der Waals surface area contributed by atoms with Gasteiger partial charge in [-0.1, -0.05) is 0 Å². The van der Waals surface area contributed by atoms with Crippen molar-refractivity contribution in [1.29, 1.82) is 5.26 Å². The Morgan fingerprint density at radius 3 is 2.35 bits per heavy atom. The molecule has 2 rings (SSSR count). The summed E-state index contributed by atoms with van der Waals surface area (Å²) in [6.07, 6.45) is 1.68. The maximum Gasteiger partial charge on any atom is 0.264 e. The van der Waals surface area contributed by atoms with Crippen LogP contribution in [0.15, 0.2) is 35.9 Å². The molecule has 0 saturated heterocycles. The first-order valence-electron chi connectivity index (χ1n) is 8.71. The second-order valence-electron chi connectivity index (χ2n) is 6.01. The summed E-state index contributed by atoms with van der Waals surface area (Å²) in [5, 5.41) is 9.45. The van der Waals surface area contributed by atoms with Crippen LogP contribution in [-0.4, -0.2) is 35.6 Å². The topological polar surface area (TPSA) is 58.3 Å². The van der Waals surface area contributed by atoms with Crippen LogP contribution in [0, 0.1) is 25.2 Å². The highest BCUT2D eigenvalue weighted by molar-refractivity contribution is 6.01. The number of hydrogen-bond acceptors (Lipinski definition) is 3. The molecule has 26 heavy (non-hydrogen) atoms. The van der Waals surface area contributed by atoms with E-state index in [1.807, 2.05) is 58.0 Å². The van der Waals surface area contributed by atoms with Gasteiger partial charge >= 0.3 is 0 Å². The standard InChI is InChI=1S/C21H25N3O2/c1-6-23(7-2)21(25)18(14-22)13-17-12-15(3)24(16(17)4)19-8-10-20(26-5)11-9-19/h8-13H,6-7H2,1-5H3/b18-13-. The number of carbonyl (C=O) groups excluding carboxylic acids is 1. The summed E-state index contributed by atoms with van der Waals surface area (Å²) in [5.74, 6) is 0.569. The average molecular weight is 351 g/mol. The zero-order chi connectivity index (χ0) is 19.3. The summed E-state index contributed by atoms with van der Waals surface area (Å²) in [5.41, 5.74) is 4.05. The minimum absolute atomic E-state index is 0.156. The molecule has 136 valence electrons. The third-order valence-corrected chi connectivity index (χ3v) is 4.50. The SMILES string of the molecule is CCN(CC)C(=O)/C(C#N)=C\c1cc(C)n(-c2ccc(OC)cc2)c1C. The average Bonchev–Trinajstić information content (AvgIpc) is 2.94. The predicted octanol–water partition coefficient (Wildman–Crippen LogP) is 3.88. The highest BCUT2D eigenvalue weighted by Gasteiger charge is 2.17. The lowest BCUT2D eigenvalue weighted by molar-refractivity contribution is -0.126. The highest BCUT2D eigenvalue weighted by atomic mass is 16.5. The normalized spacial score (nSPS) is 11.2. The molecule has 1 aromatic heterocycles. The van der Waals surface area contributed by atoms with Crippen LogP contribution in [0.25, 0.3) is 11.8 Å². The van der Waals surface area contributed by atoms with Gasteiger partial charge in [0.05, 0.1) is 7.11 Å².